The van der Waals surface area contributed by atoms with Gasteiger partial charge in [-0.1, -0.05) is 18.2 Å². The molecule has 2 aliphatic heterocycles. The predicted molar refractivity (Wildman–Crippen MR) is 130 cm³/mol. The van der Waals surface area contributed by atoms with Crippen LogP contribution in [0.4, 0.5) is 10.5 Å². The van der Waals surface area contributed by atoms with Crippen molar-refractivity contribution < 1.29 is 19.1 Å². The maximum absolute atomic E-state index is 13.3. The van der Waals surface area contributed by atoms with Gasteiger partial charge in [0.15, 0.2) is 0 Å². The Hall–Kier alpha value is -3.00. The Labute approximate surface area is 198 Å². The van der Waals surface area contributed by atoms with E-state index in [0.29, 0.717) is 30.9 Å². The molecule has 0 unspecified atom stereocenters. The molecule has 7 nitrogen and oxygen atoms in total. The van der Waals surface area contributed by atoms with Crippen LogP contribution in [0.3, 0.4) is 0 Å². The lowest BCUT2D eigenvalue weighted by Gasteiger charge is -2.44. The van der Waals surface area contributed by atoms with E-state index in [1.54, 1.807) is 36.1 Å². The molecule has 0 aromatic heterocycles. The molecule has 0 bridgehead atoms. The highest BCUT2D eigenvalue weighted by Crippen LogP contribution is 2.44. The van der Waals surface area contributed by atoms with Crippen molar-refractivity contribution in [1.82, 2.24) is 9.80 Å². The van der Waals surface area contributed by atoms with Crippen molar-refractivity contribution >= 4 is 35.4 Å². The van der Waals surface area contributed by atoms with Crippen LogP contribution in [0.5, 0.6) is 0 Å². The van der Waals surface area contributed by atoms with E-state index < -0.39 is 0 Å². The van der Waals surface area contributed by atoms with Crippen molar-refractivity contribution in [1.29, 1.82) is 0 Å². The van der Waals surface area contributed by atoms with Crippen LogP contribution in [0.25, 0.3) is 0 Å². The second kappa shape index (κ2) is 9.87. The number of thioether (sulfide) groups is 1. The first kappa shape index (κ1) is 23.2. The highest BCUT2D eigenvalue weighted by molar-refractivity contribution is 8.00. The van der Waals surface area contributed by atoms with E-state index in [9.17, 15) is 14.4 Å². The van der Waals surface area contributed by atoms with Gasteiger partial charge in [-0.3, -0.25) is 4.79 Å². The van der Waals surface area contributed by atoms with Gasteiger partial charge >= 0.3 is 12.0 Å². The third kappa shape index (κ3) is 4.85. The number of aryl methyl sites for hydroxylation is 1. The largest absolute Gasteiger partial charge is 0.462 e. The Bertz CT molecular complexity index is 1030. The fraction of sp³-hybridized carbons (Fsp3) is 0.400. The highest BCUT2D eigenvalue weighted by atomic mass is 32.2. The lowest BCUT2D eigenvalue weighted by Crippen LogP contribution is -2.54. The summed E-state index contributed by atoms with van der Waals surface area (Å²) in [6.45, 7) is 5.94. The maximum Gasteiger partial charge on any atom is 0.338 e. The van der Waals surface area contributed by atoms with Crippen LogP contribution in [0.2, 0.25) is 0 Å². The van der Waals surface area contributed by atoms with Crippen LogP contribution in [-0.2, 0) is 4.74 Å². The van der Waals surface area contributed by atoms with Crippen molar-refractivity contribution in [2.75, 3.05) is 37.3 Å². The van der Waals surface area contributed by atoms with Crippen LogP contribution in [0.1, 0.15) is 46.0 Å². The molecule has 0 aliphatic carbocycles. The molecule has 2 heterocycles. The van der Waals surface area contributed by atoms with Gasteiger partial charge < -0.3 is 19.9 Å². The standard InChI is InChI=1S/C25H29N3O4S/c1-3-32-23(30)19-8-10-20(11-9-19)26-24(31)27-14-12-25(13-15-27)28(16-17-33-25)22(29)21-7-5-4-6-18(21)2/h4-11H,3,12-17H2,1-2H3,(H,26,31). The van der Waals surface area contributed by atoms with Gasteiger partial charge in [0, 0.05) is 36.6 Å². The van der Waals surface area contributed by atoms with Gasteiger partial charge in [0.2, 0.25) is 0 Å². The zero-order valence-electron chi connectivity index (χ0n) is 19.0. The molecular formula is C25H29N3O4S. The molecule has 2 saturated heterocycles. The zero-order chi connectivity index (χ0) is 23.4. The van der Waals surface area contributed by atoms with Gasteiger partial charge in [-0.05, 0) is 62.6 Å². The number of urea groups is 1. The highest BCUT2D eigenvalue weighted by Gasteiger charge is 2.47. The van der Waals surface area contributed by atoms with E-state index in [1.807, 2.05) is 47.9 Å². The van der Waals surface area contributed by atoms with Gasteiger partial charge in [-0.25, -0.2) is 9.59 Å². The molecule has 0 saturated carbocycles. The molecule has 1 spiro atoms. The minimum Gasteiger partial charge on any atom is -0.462 e. The number of amides is 3. The van der Waals surface area contributed by atoms with Crippen molar-refractivity contribution in [2.24, 2.45) is 0 Å². The third-order valence-corrected chi connectivity index (χ3v) is 7.83. The van der Waals surface area contributed by atoms with E-state index in [4.69, 9.17) is 4.74 Å². The number of nitrogens with one attached hydrogen (secondary N) is 1. The van der Waals surface area contributed by atoms with E-state index in [-0.39, 0.29) is 22.8 Å². The summed E-state index contributed by atoms with van der Waals surface area (Å²) in [5.74, 6) is 0.615. The summed E-state index contributed by atoms with van der Waals surface area (Å²) in [7, 11) is 0. The summed E-state index contributed by atoms with van der Waals surface area (Å²) in [5.41, 5.74) is 2.82. The molecule has 8 heteroatoms. The number of benzene rings is 2. The molecule has 0 radical (unpaired) electrons. The number of rotatable bonds is 4. The molecule has 33 heavy (non-hydrogen) atoms. The Balaban J connectivity index is 1.37. The average molecular weight is 468 g/mol. The number of esters is 1. The summed E-state index contributed by atoms with van der Waals surface area (Å²) in [6, 6.07) is 14.2. The Morgan fingerprint density at radius 2 is 1.73 bits per heavy atom. The zero-order valence-corrected chi connectivity index (χ0v) is 19.8. The van der Waals surface area contributed by atoms with Gasteiger partial charge in [0.05, 0.1) is 17.0 Å². The Morgan fingerprint density at radius 1 is 1.03 bits per heavy atom. The van der Waals surface area contributed by atoms with E-state index in [2.05, 4.69) is 5.32 Å². The number of carbonyl (C=O) groups excluding carboxylic acids is 3. The summed E-state index contributed by atoms with van der Waals surface area (Å²) in [6.07, 6.45) is 1.48. The number of nitrogens with zero attached hydrogens (tertiary/aromatic N) is 2. The quantitative estimate of drug-likeness (QED) is 0.675. The predicted octanol–water partition coefficient (Wildman–Crippen LogP) is 4.38. The second-order valence-corrected chi connectivity index (χ2v) is 9.74. The molecule has 2 fully saturated rings. The van der Waals surface area contributed by atoms with Crippen molar-refractivity contribution in [3.8, 4) is 0 Å². The Morgan fingerprint density at radius 3 is 2.39 bits per heavy atom. The van der Waals surface area contributed by atoms with Gasteiger partial charge in [0.1, 0.15) is 0 Å². The van der Waals surface area contributed by atoms with Crippen LogP contribution < -0.4 is 5.32 Å². The third-order valence-electron chi connectivity index (χ3n) is 6.28. The molecule has 4 rings (SSSR count). The first-order chi connectivity index (χ1) is 15.9. The van der Waals surface area contributed by atoms with Crippen LogP contribution >= 0.6 is 11.8 Å². The van der Waals surface area contributed by atoms with Gasteiger partial charge in [-0.2, -0.15) is 0 Å². The molecule has 2 aliphatic rings. The number of hydrogen-bond donors (Lipinski definition) is 1. The number of carbonyl (C=O) groups is 3. The van der Waals surface area contributed by atoms with Crippen molar-refractivity contribution in [3.05, 3.63) is 65.2 Å². The number of likely N-dealkylation sites (tertiary alicyclic amines) is 1. The fourth-order valence-corrected chi connectivity index (χ4v) is 5.89. The summed E-state index contributed by atoms with van der Waals surface area (Å²) in [5, 5.41) is 2.90. The van der Waals surface area contributed by atoms with E-state index in [1.165, 1.54) is 0 Å². The summed E-state index contributed by atoms with van der Waals surface area (Å²) < 4.78 is 4.99. The van der Waals surface area contributed by atoms with Gasteiger partial charge in [0.25, 0.3) is 5.91 Å². The molecule has 2 aromatic carbocycles. The fourth-order valence-electron chi connectivity index (χ4n) is 4.43. The smallest absolute Gasteiger partial charge is 0.338 e. The van der Waals surface area contributed by atoms with Crippen LogP contribution in [0.15, 0.2) is 48.5 Å². The summed E-state index contributed by atoms with van der Waals surface area (Å²) in [4.78, 5) is 41.5. The van der Waals surface area contributed by atoms with E-state index in [0.717, 1.165) is 36.3 Å². The molecular weight excluding hydrogens is 438 g/mol. The molecule has 1 N–H and O–H groups in total. The first-order valence-electron chi connectivity index (χ1n) is 11.3. The lowest BCUT2D eigenvalue weighted by molar-refractivity contribution is 0.0525. The molecule has 0 atom stereocenters. The van der Waals surface area contributed by atoms with E-state index >= 15 is 0 Å². The van der Waals surface area contributed by atoms with Gasteiger partial charge in [-0.15, -0.1) is 11.8 Å². The molecule has 2 aromatic rings. The lowest BCUT2D eigenvalue weighted by atomic mass is 10.00. The number of anilines is 1. The monoisotopic (exact) mass is 467 g/mol. The topological polar surface area (TPSA) is 79.0 Å². The normalized spacial score (nSPS) is 17.2. The first-order valence-corrected chi connectivity index (χ1v) is 12.3. The second-order valence-electron chi connectivity index (χ2n) is 8.28. The maximum atomic E-state index is 13.3. The number of hydrogen-bond acceptors (Lipinski definition) is 5. The minimum absolute atomic E-state index is 0.0812. The van der Waals surface area contributed by atoms with Crippen LogP contribution in [-0.4, -0.2) is 64.6 Å². The number of piperidine rings is 1. The molecule has 3 amide bonds. The van der Waals surface area contributed by atoms with Crippen molar-refractivity contribution in [3.63, 3.8) is 0 Å². The van der Waals surface area contributed by atoms with Crippen LogP contribution in [0, 0.1) is 6.92 Å². The SMILES string of the molecule is CCOC(=O)c1ccc(NC(=O)N2CCC3(CC2)SCCN3C(=O)c2ccccc2C)cc1. The average Bonchev–Trinajstić information content (AvgIpc) is 3.22. The van der Waals surface area contributed by atoms with Crippen molar-refractivity contribution in [2.45, 2.75) is 31.6 Å². The molecule has 174 valence electrons. The summed E-state index contributed by atoms with van der Waals surface area (Å²) >= 11 is 1.83. The minimum atomic E-state index is -0.379. The Kier molecular flexibility index (Phi) is 6.93. The number of ether oxygens (including phenoxy) is 1.